The molecule has 0 saturated heterocycles. The van der Waals surface area contributed by atoms with Gasteiger partial charge in [0.15, 0.2) is 0 Å². The van der Waals surface area contributed by atoms with Gasteiger partial charge in [0, 0.05) is 12.5 Å². The van der Waals surface area contributed by atoms with Gasteiger partial charge in [0.1, 0.15) is 11.6 Å². The predicted molar refractivity (Wildman–Crippen MR) is 119 cm³/mol. The van der Waals surface area contributed by atoms with E-state index in [0.29, 0.717) is 5.75 Å². The van der Waals surface area contributed by atoms with Gasteiger partial charge in [-0.2, -0.15) is 5.10 Å². The third kappa shape index (κ3) is 3.10. The molecule has 31 heavy (non-hydrogen) atoms. The molecule has 5 heteroatoms. The lowest BCUT2D eigenvalue weighted by Crippen LogP contribution is -2.47. The van der Waals surface area contributed by atoms with Gasteiger partial charge >= 0.3 is 0 Å². The zero-order valence-electron chi connectivity index (χ0n) is 17.9. The zero-order valence-corrected chi connectivity index (χ0v) is 17.9. The van der Waals surface area contributed by atoms with Crippen LogP contribution in [0.2, 0.25) is 0 Å². The van der Waals surface area contributed by atoms with E-state index in [2.05, 4.69) is 18.1 Å². The summed E-state index contributed by atoms with van der Waals surface area (Å²) in [5.74, 6) is 0.0972. The van der Waals surface area contributed by atoms with E-state index in [0.717, 1.165) is 49.0 Å². The summed E-state index contributed by atoms with van der Waals surface area (Å²) in [7, 11) is 1.82. The molecule has 5 rings (SSSR count). The Kier molecular flexibility index (Phi) is 4.74. The Morgan fingerprint density at radius 1 is 1.16 bits per heavy atom. The third-order valence-corrected chi connectivity index (χ3v) is 7.51. The molecule has 0 amide bonds. The topological polar surface area (TPSA) is 47.3 Å². The highest BCUT2D eigenvalue weighted by atomic mass is 19.1. The number of hydrogen-bond donors (Lipinski definition) is 1. The number of aryl methyl sites for hydroxylation is 1. The molecule has 1 unspecified atom stereocenters. The standard InChI is InChI=1S/C26H27FN2O2/c1-25-16-19-17-28-29(22-9-7-21(27)8-10-22)23(19)15-20(25)12-14-26(25,31-2)13-11-18-5-3-4-6-24(18)30/h3-10,15,17,30H,11-14,16H2,1-2H3/t25?,26-/m0/s1. The number of hydrogen-bond acceptors (Lipinski definition) is 3. The molecule has 1 N–H and O–H groups in total. The van der Waals surface area contributed by atoms with E-state index >= 15 is 0 Å². The molecule has 0 radical (unpaired) electrons. The van der Waals surface area contributed by atoms with Gasteiger partial charge < -0.3 is 9.84 Å². The fraction of sp³-hybridized carbons (Fsp3) is 0.346. The van der Waals surface area contributed by atoms with Crippen LogP contribution in [0.4, 0.5) is 4.39 Å². The van der Waals surface area contributed by atoms with Crippen molar-refractivity contribution in [3.05, 3.63) is 82.9 Å². The lowest BCUT2D eigenvalue weighted by atomic mass is 9.65. The number of ether oxygens (including phenoxy) is 1. The molecule has 2 aliphatic rings. The van der Waals surface area contributed by atoms with E-state index < -0.39 is 0 Å². The summed E-state index contributed by atoms with van der Waals surface area (Å²) < 4.78 is 21.5. The summed E-state index contributed by atoms with van der Waals surface area (Å²) in [4.78, 5) is 0. The summed E-state index contributed by atoms with van der Waals surface area (Å²) in [5.41, 5.74) is 5.03. The van der Waals surface area contributed by atoms with Gasteiger partial charge in [-0.1, -0.05) is 30.7 Å². The smallest absolute Gasteiger partial charge is 0.123 e. The quantitative estimate of drug-likeness (QED) is 0.597. The van der Waals surface area contributed by atoms with E-state index in [-0.39, 0.29) is 16.8 Å². The largest absolute Gasteiger partial charge is 0.508 e. The maximum absolute atomic E-state index is 13.4. The molecule has 1 aromatic heterocycles. The van der Waals surface area contributed by atoms with E-state index in [1.165, 1.54) is 23.3 Å². The minimum absolute atomic E-state index is 0.129. The number of nitrogens with zero attached hydrogens (tertiary/aromatic N) is 2. The zero-order chi connectivity index (χ0) is 21.6. The molecule has 2 aliphatic carbocycles. The maximum Gasteiger partial charge on any atom is 0.123 e. The Morgan fingerprint density at radius 3 is 2.68 bits per heavy atom. The van der Waals surface area contributed by atoms with E-state index in [9.17, 15) is 9.50 Å². The second kappa shape index (κ2) is 7.34. The summed E-state index contributed by atoms with van der Waals surface area (Å²) in [6.45, 7) is 2.30. The van der Waals surface area contributed by atoms with Crippen LogP contribution in [0.5, 0.6) is 5.75 Å². The van der Waals surface area contributed by atoms with Crippen LogP contribution in [0.15, 0.2) is 60.3 Å². The van der Waals surface area contributed by atoms with Crippen molar-refractivity contribution in [1.29, 1.82) is 0 Å². The van der Waals surface area contributed by atoms with Crippen molar-refractivity contribution in [2.45, 2.75) is 44.6 Å². The Morgan fingerprint density at radius 2 is 1.94 bits per heavy atom. The second-order valence-electron chi connectivity index (χ2n) is 8.95. The summed E-state index contributed by atoms with van der Waals surface area (Å²) in [6, 6.07) is 14.0. The van der Waals surface area contributed by atoms with Crippen molar-refractivity contribution in [2.75, 3.05) is 7.11 Å². The van der Waals surface area contributed by atoms with Crippen molar-refractivity contribution in [2.24, 2.45) is 5.41 Å². The fourth-order valence-corrected chi connectivity index (χ4v) is 5.59. The average Bonchev–Trinajstić information content (AvgIpc) is 3.30. The van der Waals surface area contributed by atoms with E-state index in [1.54, 1.807) is 18.2 Å². The van der Waals surface area contributed by atoms with E-state index in [1.807, 2.05) is 36.2 Å². The van der Waals surface area contributed by atoms with Crippen molar-refractivity contribution in [1.82, 2.24) is 9.78 Å². The monoisotopic (exact) mass is 418 g/mol. The molecule has 4 nitrogen and oxygen atoms in total. The molecule has 0 aliphatic heterocycles. The number of phenols is 1. The molecule has 1 heterocycles. The number of halogens is 1. The maximum atomic E-state index is 13.4. The molecule has 2 atom stereocenters. The highest BCUT2D eigenvalue weighted by molar-refractivity contribution is 5.62. The SMILES string of the molecule is CO[C@@]1(CCc2ccccc2O)CCC2=Cc3c(cnn3-c3ccc(F)cc3)CC21C. The molecule has 1 saturated carbocycles. The summed E-state index contributed by atoms with van der Waals surface area (Å²) in [5, 5.41) is 14.8. The van der Waals surface area contributed by atoms with Crippen LogP contribution < -0.4 is 0 Å². The Hall–Kier alpha value is -2.92. The van der Waals surface area contributed by atoms with Crippen LogP contribution in [0, 0.1) is 11.2 Å². The minimum Gasteiger partial charge on any atom is -0.508 e. The Labute approximate surface area is 182 Å². The number of para-hydroxylation sites is 1. The number of benzene rings is 2. The first-order valence-corrected chi connectivity index (χ1v) is 10.8. The Bertz CT molecular complexity index is 1150. The highest BCUT2D eigenvalue weighted by Crippen LogP contribution is 2.58. The molecule has 1 fully saturated rings. The number of aromatic nitrogens is 2. The van der Waals surface area contributed by atoms with Crippen molar-refractivity contribution in [3.8, 4) is 11.4 Å². The van der Waals surface area contributed by atoms with Crippen LogP contribution in [0.3, 0.4) is 0 Å². The van der Waals surface area contributed by atoms with Crippen molar-refractivity contribution >= 4 is 6.08 Å². The molecular formula is C26H27FN2O2. The van der Waals surface area contributed by atoms with Crippen LogP contribution >= 0.6 is 0 Å². The molecule has 160 valence electrons. The number of rotatable bonds is 5. The second-order valence-corrected chi connectivity index (χ2v) is 8.95. The van der Waals surface area contributed by atoms with Gasteiger partial charge in [0.05, 0.1) is 23.2 Å². The van der Waals surface area contributed by atoms with Gasteiger partial charge in [-0.3, -0.25) is 0 Å². The van der Waals surface area contributed by atoms with Crippen LogP contribution in [-0.4, -0.2) is 27.6 Å². The van der Waals surface area contributed by atoms with Gasteiger partial charge in [0.2, 0.25) is 0 Å². The molecule has 0 bridgehead atoms. The number of aromatic hydroxyl groups is 1. The Balaban J connectivity index is 1.47. The third-order valence-electron chi connectivity index (χ3n) is 7.51. The lowest BCUT2D eigenvalue weighted by Gasteiger charge is -2.45. The number of methoxy groups -OCH3 is 1. The average molecular weight is 419 g/mol. The van der Waals surface area contributed by atoms with Crippen LogP contribution in [-0.2, 0) is 17.6 Å². The highest BCUT2D eigenvalue weighted by Gasteiger charge is 2.56. The fourth-order valence-electron chi connectivity index (χ4n) is 5.59. The van der Waals surface area contributed by atoms with Crippen LogP contribution in [0.25, 0.3) is 11.8 Å². The number of fused-ring (bicyclic) bond motifs is 2. The summed E-state index contributed by atoms with van der Waals surface area (Å²) in [6.07, 6.45) is 8.58. The minimum atomic E-state index is -0.295. The normalized spacial score (nSPS) is 24.5. The van der Waals surface area contributed by atoms with E-state index in [4.69, 9.17) is 4.74 Å². The van der Waals surface area contributed by atoms with Gasteiger partial charge in [0.25, 0.3) is 0 Å². The molecule has 3 aromatic rings. The lowest BCUT2D eigenvalue weighted by molar-refractivity contribution is -0.0819. The first kappa shape index (κ1) is 20.0. The molecule has 2 aromatic carbocycles. The molecule has 0 spiro atoms. The van der Waals surface area contributed by atoms with Gasteiger partial charge in [-0.15, -0.1) is 0 Å². The summed E-state index contributed by atoms with van der Waals surface area (Å²) >= 11 is 0. The molecular weight excluding hydrogens is 391 g/mol. The van der Waals surface area contributed by atoms with Crippen molar-refractivity contribution < 1.29 is 14.2 Å². The van der Waals surface area contributed by atoms with Gasteiger partial charge in [-0.05, 0) is 79.6 Å². The van der Waals surface area contributed by atoms with Crippen molar-refractivity contribution in [3.63, 3.8) is 0 Å². The van der Waals surface area contributed by atoms with Crippen LogP contribution in [0.1, 0.15) is 43.0 Å². The number of phenolic OH excluding ortho intramolecular Hbond substituents is 1. The first-order valence-electron chi connectivity index (χ1n) is 10.8. The van der Waals surface area contributed by atoms with Gasteiger partial charge in [-0.25, -0.2) is 9.07 Å². The first-order chi connectivity index (χ1) is 15.0. The predicted octanol–water partition coefficient (Wildman–Crippen LogP) is 5.47.